The molecule has 25 heavy (non-hydrogen) atoms. The summed E-state index contributed by atoms with van der Waals surface area (Å²) in [6.07, 6.45) is 3.28. The molecule has 2 aromatic rings. The van der Waals surface area contributed by atoms with Crippen molar-refractivity contribution in [2.75, 3.05) is 18.4 Å². The molecule has 1 aliphatic rings. The van der Waals surface area contributed by atoms with Crippen molar-refractivity contribution >= 4 is 33.4 Å². The molecule has 0 unspecified atom stereocenters. The standard InChI is InChI=1S/C20H21BrN2O2/c21-17-5-3-4-15(14-17)6-11-19(24)22-18-9-7-16(8-10-18)20(25)23-12-1-2-13-23/h3-5,7-10,14H,1-2,6,11-13H2,(H,22,24). The lowest BCUT2D eigenvalue weighted by Crippen LogP contribution is -2.27. The molecule has 4 nitrogen and oxygen atoms in total. The fraction of sp³-hybridized carbons (Fsp3) is 0.300. The van der Waals surface area contributed by atoms with E-state index >= 15 is 0 Å². The molecule has 1 heterocycles. The first kappa shape index (κ1) is 17.7. The van der Waals surface area contributed by atoms with Crippen LogP contribution in [0.2, 0.25) is 0 Å². The Hall–Kier alpha value is -2.14. The number of hydrogen-bond acceptors (Lipinski definition) is 2. The zero-order valence-corrected chi connectivity index (χ0v) is 15.6. The molecule has 0 bridgehead atoms. The summed E-state index contributed by atoms with van der Waals surface area (Å²) in [5.74, 6) is 0.0450. The number of benzene rings is 2. The SMILES string of the molecule is O=C(CCc1cccc(Br)c1)Nc1ccc(C(=O)N2CCCC2)cc1. The molecule has 0 aliphatic carbocycles. The van der Waals surface area contributed by atoms with Gasteiger partial charge in [-0.25, -0.2) is 0 Å². The molecule has 130 valence electrons. The number of halogens is 1. The summed E-state index contributed by atoms with van der Waals surface area (Å²) in [5, 5.41) is 2.89. The Labute approximate surface area is 156 Å². The van der Waals surface area contributed by atoms with Crippen molar-refractivity contribution in [2.45, 2.75) is 25.7 Å². The van der Waals surface area contributed by atoms with E-state index < -0.39 is 0 Å². The normalized spacial score (nSPS) is 13.7. The van der Waals surface area contributed by atoms with Crippen LogP contribution in [-0.4, -0.2) is 29.8 Å². The average Bonchev–Trinajstić information content (AvgIpc) is 3.15. The van der Waals surface area contributed by atoms with Gasteiger partial charge in [-0.3, -0.25) is 9.59 Å². The average molecular weight is 401 g/mol. The highest BCUT2D eigenvalue weighted by atomic mass is 79.9. The summed E-state index contributed by atoms with van der Waals surface area (Å²) >= 11 is 3.43. The Morgan fingerprint density at radius 1 is 1.04 bits per heavy atom. The summed E-state index contributed by atoms with van der Waals surface area (Å²) in [6, 6.07) is 15.1. The first-order valence-electron chi connectivity index (χ1n) is 8.55. The Morgan fingerprint density at radius 3 is 2.44 bits per heavy atom. The molecule has 5 heteroatoms. The third-order valence-corrected chi connectivity index (χ3v) is 4.83. The minimum Gasteiger partial charge on any atom is -0.339 e. The summed E-state index contributed by atoms with van der Waals surface area (Å²) in [5.41, 5.74) is 2.52. The Balaban J connectivity index is 1.52. The van der Waals surface area contributed by atoms with Crippen LogP contribution in [0.15, 0.2) is 53.0 Å². The summed E-state index contributed by atoms with van der Waals surface area (Å²) in [6.45, 7) is 1.68. The van der Waals surface area contributed by atoms with Gasteiger partial charge in [-0.2, -0.15) is 0 Å². The van der Waals surface area contributed by atoms with Gasteiger partial charge in [-0.15, -0.1) is 0 Å². The topological polar surface area (TPSA) is 49.4 Å². The predicted molar refractivity (Wildman–Crippen MR) is 103 cm³/mol. The fourth-order valence-electron chi connectivity index (χ4n) is 2.97. The van der Waals surface area contributed by atoms with Crippen molar-refractivity contribution in [1.29, 1.82) is 0 Å². The molecule has 0 atom stereocenters. The maximum Gasteiger partial charge on any atom is 0.253 e. The highest BCUT2D eigenvalue weighted by Crippen LogP contribution is 2.16. The Kier molecular flexibility index (Phi) is 5.87. The van der Waals surface area contributed by atoms with Crippen LogP contribution >= 0.6 is 15.9 Å². The summed E-state index contributed by atoms with van der Waals surface area (Å²) in [4.78, 5) is 26.3. The van der Waals surface area contributed by atoms with Crippen molar-refractivity contribution in [3.63, 3.8) is 0 Å². The van der Waals surface area contributed by atoms with E-state index in [1.807, 2.05) is 29.2 Å². The van der Waals surface area contributed by atoms with Crippen LogP contribution in [0.5, 0.6) is 0 Å². The largest absolute Gasteiger partial charge is 0.339 e. The molecule has 2 amide bonds. The molecule has 0 radical (unpaired) electrons. The van der Waals surface area contributed by atoms with Gasteiger partial charge in [0.2, 0.25) is 5.91 Å². The van der Waals surface area contributed by atoms with Crippen LogP contribution < -0.4 is 5.32 Å². The van der Waals surface area contributed by atoms with E-state index in [1.54, 1.807) is 24.3 Å². The maximum absolute atomic E-state index is 12.3. The van der Waals surface area contributed by atoms with E-state index in [-0.39, 0.29) is 11.8 Å². The van der Waals surface area contributed by atoms with Crippen molar-refractivity contribution in [2.24, 2.45) is 0 Å². The van der Waals surface area contributed by atoms with E-state index in [2.05, 4.69) is 21.2 Å². The highest BCUT2D eigenvalue weighted by molar-refractivity contribution is 9.10. The Bertz CT molecular complexity index is 753. The number of nitrogens with zero attached hydrogens (tertiary/aromatic N) is 1. The van der Waals surface area contributed by atoms with Gasteiger partial charge < -0.3 is 10.2 Å². The minimum absolute atomic E-state index is 0.0291. The molecule has 0 aromatic heterocycles. The summed E-state index contributed by atoms with van der Waals surface area (Å²) < 4.78 is 1.02. The molecular weight excluding hydrogens is 380 g/mol. The highest BCUT2D eigenvalue weighted by Gasteiger charge is 2.19. The third kappa shape index (κ3) is 4.92. The molecular formula is C20H21BrN2O2. The van der Waals surface area contributed by atoms with Crippen LogP contribution in [-0.2, 0) is 11.2 Å². The van der Waals surface area contributed by atoms with Crippen molar-refractivity contribution < 1.29 is 9.59 Å². The van der Waals surface area contributed by atoms with Gasteiger partial charge in [0.15, 0.2) is 0 Å². The van der Waals surface area contributed by atoms with E-state index in [0.717, 1.165) is 41.7 Å². The molecule has 1 fully saturated rings. The first-order valence-corrected chi connectivity index (χ1v) is 9.35. The van der Waals surface area contributed by atoms with Crippen molar-refractivity contribution in [3.05, 3.63) is 64.1 Å². The second-order valence-corrected chi connectivity index (χ2v) is 7.17. The Morgan fingerprint density at radius 2 is 1.76 bits per heavy atom. The van der Waals surface area contributed by atoms with Gasteiger partial charge in [0.05, 0.1) is 0 Å². The second kappa shape index (κ2) is 8.30. The van der Waals surface area contributed by atoms with Crippen molar-refractivity contribution in [3.8, 4) is 0 Å². The molecule has 0 spiro atoms. The number of likely N-dealkylation sites (tertiary alicyclic amines) is 1. The van der Waals surface area contributed by atoms with Crippen LogP contribution in [0.25, 0.3) is 0 Å². The molecule has 1 N–H and O–H groups in total. The van der Waals surface area contributed by atoms with E-state index in [9.17, 15) is 9.59 Å². The van der Waals surface area contributed by atoms with Crippen molar-refractivity contribution in [1.82, 2.24) is 4.90 Å². The lowest BCUT2D eigenvalue weighted by molar-refractivity contribution is -0.116. The molecule has 1 saturated heterocycles. The van der Waals surface area contributed by atoms with E-state index in [4.69, 9.17) is 0 Å². The quantitative estimate of drug-likeness (QED) is 0.814. The number of rotatable bonds is 5. The molecule has 3 rings (SSSR count). The molecule has 2 aromatic carbocycles. The number of anilines is 1. The third-order valence-electron chi connectivity index (χ3n) is 4.34. The monoisotopic (exact) mass is 400 g/mol. The van der Waals surface area contributed by atoms with Gasteiger partial charge >= 0.3 is 0 Å². The number of carbonyl (C=O) groups is 2. The zero-order valence-electron chi connectivity index (χ0n) is 14.0. The lowest BCUT2D eigenvalue weighted by Gasteiger charge is -2.15. The number of aryl methyl sites for hydroxylation is 1. The first-order chi connectivity index (χ1) is 12.1. The number of carbonyl (C=O) groups excluding carboxylic acids is 2. The predicted octanol–water partition coefficient (Wildman–Crippen LogP) is 4.26. The van der Waals surface area contributed by atoms with Gasteiger partial charge in [0.25, 0.3) is 5.91 Å². The number of amides is 2. The summed E-state index contributed by atoms with van der Waals surface area (Å²) in [7, 11) is 0. The van der Waals surface area contributed by atoms with Gasteiger partial charge in [0, 0.05) is 35.2 Å². The zero-order chi connectivity index (χ0) is 17.6. The van der Waals surface area contributed by atoms with Crippen LogP contribution in [0.3, 0.4) is 0 Å². The van der Waals surface area contributed by atoms with Gasteiger partial charge in [0.1, 0.15) is 0 Å². The van der Waals surface area contributed by atoms with Crippen LogP contribution in [0, 0.1) is 0 Å². The lowest BCUT2D eigenvalue weighted by atomic mass is 10.1. The maximum atomic E-state index is 12.3. The van der Waals surface area contributed by atoms with E-state index in [1.165, 1.54) is 0 Å². The minimum atomic E-state index is -0.0291. The molecule has 1 aliphatic heterocycles. The smallest absolute Gasteiger partial charge is 0.253 e. The van der Waals surface area contributed by atoms with E-state index in [0.29, 0.717) is 18.4 Å². The van der Waals surface area contributed by atoms with Gasteiger partial charge in [-0.05, 0) is 61.2 Å². The van der Waals surface area contributed by atoms with Gasteiger partial charge in [-0.1, -0.05) is 28.1 Å². The number of nitrogens with one attached hydrogen (secondary N) is 1. The van der Waals surface area contributed by atoms with Crippen LogP contribution in [0.4, 0.5) is 5.69 Å². The fourth-order valence-corrected chi connectivity index (χ4v) is 3.42. The number of hydrogen-bond donors (Lipinski definition) is 1. The molecule has 0 saturated carbocycles. The second-order valence-electron chi connectivity index (χ2n) is 6.25. The van der Waals surface area contributed by atoms with Crippen LogP contribution in [0.1, 0.15) is 35.2 Å².